The molecule has 1 unspecified atom stereocenters. The maximum Gasteiger partial charge on any atom is 0.119 e. The van der Waals surface area contributed by atoms with Gasteiger partial charge in [-0.1, -0.05) is 12.1 Å². The summed E-state index contributed by atoms with van der Waals surface area (Å²) in [6, 6.07) is 7.93. The minimum atomic E-state index is 0.134. The molecule has 0 spiro atoms. The number of rotatable bonds is 6. The van der Waals surface area contributed by atoms with Gasteiger partial charge >= 0.3 is 0 Å². The lowest BCUT2D eigenvalue weighted by molar-refractivity contribution is 0.229. The molecule has 84 valence electrons. The van der Waals surface area contributed by atoms with Crippen LogP contribution in [0.5, 0.6) is 5.75 Å². The Morgan fingerprint density at radius 1 is 1.47 bits per heavy atom. The van der Waals surface area contributed by atoms with Crippen molar-refractivity contribution in [1.29, 1.82) is 0 Å². The topological polar surface area (TPSA) is 55.5 Å². The molecule has 0 amide bonds. The van der Waals surface area contributed by atoms with E-state index >= 15 is 0 Å². The first kappa shape index (κ1) is 12.0. The molecule has 0 bridgehead atoms. The Morgan fingerprint density at radius 2 is 2.27 bits per heavy atom. The molecule has 0 fully saturated rings. The van der Waals surface area contributed by atoms with Gasteiger partial charge in [-0.25, -0.2) is 0 Å². The van der Waals surface area contributed by atoms with Crippen molar-refractivity contribution in [2.45, 2.75) is 13.3 Å². The Morgan fingerprint density at radius 3 is 2.87 bits per heavy atom. The lowest BCUT2D eigenvalue weighted by Gasteiger charge is -2.12. The minimum Gasteiger partial charge on any atom is -0.494 e. The highest BCUT2D eigenvalue weighted by atomic mass is 16.5. The van der Waals surface area contributed by atoms with E-state index in [2.05, 4.69) is 0 Å². The molecule has 1 aromatic carbocycles. The van der Waals surface area contributed by atoms with E-state index in [0.29, 0.717) is 13.2 Å². The number of aliphatic hydroxyl groups excluding tert-OH is 1. The third-order valence-electron chi connectivity index (χ3n) is 2.33. The fraction of sp³-hybridized carbons (Fsp3) is 0.500. The lowest BCUT2D eigenvalue weighted by Crippen LogP contribution is -2.20. The van der Waals surface area contributed by atoms with Crippen LogP contribution in [0.1, 0.15) is 12.5 Å². The van der Waals surface area contributed by atoms with Crippen LogP contribution in [0.3, 0.4) is 0 Å². The van der Waals surface area contributed by atoms with Gasteiger partial charge in [-0.2, -0.15) is 0 Å². The van der Waals surface area contributed by atoms with Crippen molar-refractivity contribution >= 4 is 0 Å². The van der Waals surface area contributed by atoms with Crippen LogP contribution in [0, 0.1) is 5.92 Å². The van der Waals surface area contributed by atoms with Crippen LogP contribution >= 0.6 is 0 Å². The highest BCUT2D eigenvalue weighted by Crippen LogP contribution is 2.16. The zero-order valence-electron chi connectivity index (χ0n) is 9.15. The largest absolute Gasteiger partial charge is 0.494 e. The number of hydrogen-bond donors (Lipinski definition) is 2. The van der Waals surface area contributed by atoms with Gasteiger partial charge in [0.1, 0.15) is 5.75 Å². The van der Waals surface area contributed by atoms with Gasteiger partial charge in [-0.3, -0.25) is 0 Å². The third kappa shape index (κ3) is 3.90. The first-order valence-electron chi connectivity index (χ1n) is 5.32. The number of aliphatic hydroxyl groups is 1. The van der Waals surface area contributed by atoms with Crippen molar-refractivity contribution in [1.82, 2.24) is 0 Å². The summed E-state index contributed by atoms with van der Waals surface area (Å²) in [5.41, 5.74) is 6.69. The van der Waals surface area contributed by atoms with Crippen LogP contribution < -0.4 is 10.5 Å². The fourth-order valence-electron chi connectivity index (χ4n) is 1.48. The fourth-order valence-corrected chi connectivity index (χ4v) is 1.48. The smallest absolute Gasteiger partial charge is 0.119 e. The summed E-state index contributed by atoms with van der Waals surface area (Å²) in [4.78, 5) is 0. The van der Waals surface area contributed by atoms with Gasteiger partial charge in [0.05, 0.1) is 6.61 Å². The second-order valence-corrected chi connectivity index (χ2v) is 3.57. The first-order valence-corrected chi connectivity index (χ1v) is 5.32. The average Bonchev–Trinajstić information content (AvgIpc) is 2.27. The van der Waals surface area contributed by atoms with E-state index in [-0.39, 0.29) is 12.5 Å². The van der Waals surface area contributed by atoms with Gasteiger partial charge in [0.2, 0.25) is 0 Å². The van der Waals surface area contributed by atoms with Gasteiger partial charge < -0.3 is 15.6 Å². The summed E-state index contributed by atoms with van der Waals surface area (Å²) < 4.78 is 5.40. The number of ether oxygens (including phenoxy) is 1. The summed E-state index contributed by atoms with van der Waals surface area (Å²) in [5, 5.41) is 9.05. The maximum absolute atomic E-state index is 9.05. The summed E-state index contributed by atoms with van der Waals surface area (Å²) in [6.45, 7) is 3.28. The van der Waals surface area contributed by atoms with E-state index in [1.807, 2.05) is 31.2 Å². The Labute approximate surface area is 90.9 Å². The van der Waals surface area contributed by atoms with Gasteiger partial charge in [-0.05, 0) is 43.5 Å². The maximum atomic E-state index is 9.05. The standard InChI is InChI=1S/C12H19NO2/c1-2-15-12-5-3-4-10(7-12)6-11(8-13)9-14/h3-5,7,11,14H,2,6,8-9,13H2,1H3. The van der Waals surface area contributed by atoms with E-state index in [4.69, 9.17) is 15.6 Å². The zero-order valence-corrected chi connectivity index (χ0v) is 9.15. The molecule has 3 heteroatoms. The van der Waals surface area contributed by atoms with Crippen molar-refractivity contribution in [2.24, 2.45) is 11.7 Å². The molecule has 0 saturated carbocycles. The molecule has 0 aliphatic heterocycles. The Hall–Kier alpha value is -1.06. The van der Waals surface area contributed by atoms with Crippen LogP contribution in [-0.2, 0) is 6.42 Å². The Bertz CT molecular complexity index is 285. The summed E-state index contributed by atoms with van der Waals surface area (Å²) in [7, 11) is 0. The quantitative estimate of drug-likeness (QED) is 0.740. The molecule has 3 N–H and O–H groups in total. The molecule has 1 aromatic rings. The third-order valence-corrected chi connectivity index (χ3v) is 2.33. The minimum absolute atomic E-state index is 0.134. The molecule has 0 saturated heterocycles. The highest BCUT2D eigenvalue weighted by molar-refractivity contribution is 5.28. The SMILES string of the molecule is CCOc1cccc(CC(CN)CO)c1. The lowest BCUT2D eigenvalue weighted by atomic mass is 10.0. The predicted octanol–water partition coefficient (Wildman–Crippen LogP) is 1.19. The Balaban J connectivity index is 2.64. The van der Waals surface area contributed by atoms with E-state index in [0.717, 1.165) is 17.7 Å². The van der Waals surface area contributed by atoms with E-state index in [1.165, 1.54) is 0 Å². The number of benzene rings is 1. The zero-order chi connectivity index (χ0) is 11.1. The van der Waals surface area contributed by atoms with Crippen LogP contribution in [0.2, 0.25) is 0 Å². The van der Waals surface area contributed by atoms with Crippen molar-refractivity contribution < 1.29 is 9.84 Å². The predicted molar refractivity (Wildman–Crippen MR) is 60.9 cm³/mol. The highest BCUT2D eigenvalue weighted by Gasteiger charge is 2.06. The second-order valence-electron chi connectivity index (χ2n) is 3.57. The molecule has 1 rings (SSSR count). The number of hydrogen-bond acceptors (Lipinski definition) is 3. The van der Waals surface area contributed by atoms with E-state index in [1.54, 1.807) is 0 Å². The molecule has 3 nitrogen and oxygen atoms in total. The van der Waals surface area contributed by atoms with E-state index in [9.17, 15) is 0 Å². The summed E-state index contributed by atoms with van der Waals surface area (Å²) in [6.07, 6.45) is 0.800. The molecule has 0 heterocycles. The van der Waals surface area contributed by atoms with E-state index < -0.39 is 0 Å². The van der Waals surface area contributed by atoms with Crippen LogP contribution in [-0.4, -0.2) is 24.9 Å². The van der Waals surface area contributed by atoms with Gasteiger partial charge in [0.25, 0.3) is 0 Å². The van der Waals surface area contributed by atoms with Crippen LogP contribution in [0.25, 0.3) is 0 Å². The molecule has 0 radical (unpaired) electrons. The van der Waals surface area contributed by atoms with Crippen LogP contribution in [0.4, 0.5) is 0 Å². The van der Waals surface area contributed by atoms with Crippen molar-refractivity contribution in [2.75, 3.05) is 19.8 Å². The second kappa shape index (κ2) is 6.43. The Kier molecular flexibility index (Phi) is 5.15. The first-order chi connectivity index (χ1) is 7.30. The van der Waals surface area contributed by atoms with Crippen molar-refractivity contribution in [3.05, 3.63) is 29.8 Å². The molecule has 0 aliphatic carbocycles. The van der Waals surface area contributed by atoms with Crippen molar-refractivity contribution in [3.8, 4) is 5.75 Å². The normalized spacial score (nSPS) is 12.5. The molecule has 1 atom stereocenters. The summed E-state index contributed by atoms with van der Waals surface area (Å²) >= 11 is 0. The van der Waals surface area contributed by atoms with Crippen LogP contribution in [0.15, 0.2) is 24.3 Å². The van der Waals surface area contributed by atoms with Gasteiger partial charge in [0.15, 0.2) is 0 Å². The molecule has 0 aliphatic rings. The van der Waals surface area contributed by atoms with Gasteiger partial charge in [-0.15, -0.1) is 0 Å². The average molecular weight is 209 g/mol. The number of nitrogens with two attached hydrogens (primary N) is 1. The molecule has 15 heavy (non-hydrogen) atoms. The molecular formula is C12H19NO2. The molecule has 0 aromatic heterocycles. The van der Waals surface area contributed by atoms with Crippen molar-refractivity contribution in [3.63, 3.8) is 0 Å². The van der Waals surface area contributed by atoms with Gasteiger partial charge in [0, 0.05) is 6.61 Å². The monoisotopic (exact) mass is 209 g/mol. The molecular weight excluding hydrogens is 190 g/mol. The summed E-state index contributed by atoms with van der Waals surface area (Å²) in [5.74, 6) is 1.02.